The number of carbonyl (C=O) groups excluding carboxylic acids is 1. The van der Waals surface area contributed by atoms with Crippen molar-refractivity contribution in [1.82, 2.24) is 14.9 Å². The fourth-order valence-electron chi connectivity index (χ4n) is 2.61. The van der Waals surface area contributed by atoms with E-state index >= 15 is 0 Å². The maximum Gasteiger partial charge on any atom is 0.233 e. The average Bonchev–Trinajstić information content (AvgIpc) is 3.14. The Morgan fingerprint density at radius 3 is 2.76 bits per heavy atom. The molecule has 1 aromatic carbocycles. The molecular weight excluding hydrogens is 382 g/mol. The van der Waals surface area contributed by atoms with Gasteiger partial charge in [0.25, 0.3) is 0 Å². The molecule has 1 N–H and O–H groups in total. The Kier molecular flexibility index (Phi) is 5.41. The summed E-state index contributed by atoms with van der Waals surface area (Å²) in [4.78, 5) is 16.7. The SMILES string of the molecule is C[C@H](Sc1nccn1-c1ccc(Cl)cc1)C(=O)N[C@H]1CCS(=O)(=O)C1. The van der Waals surface area contributed by atoms with E-state index in [0.717, 1.165) is 5.69 Å². The van der Waals surface area contributed by atoms with Gasteiger partial charge in [-0.05, 0) is 37.6 Å². The van der Waals surface area contributed by atoms with E-state index in [9.17, 15) is 13.2 Å². The summed E-state index contributed by atoms with van der Waals surface area (Å²) in [6, 6.07) is 7.05. The molecule has 1 aliphatic heterocycles. The lowest BCUT2D eigenvalue weighted by Crippen LogP contribution is -2.40. The monoisotopic (exact) mass is 399 g/mol. The van der Waals surface area contributed by atoms with Gasteiger partial charge in [-0.15, -0.1) is 0 Å². The number of aromatic nitrogens is 2. The third-order valence-corrected chi connectivity index (χ3v) is 7.04. The smallest absolute Gasteiger partial charge is 0.233 e. The Balaban J connectivity index is 1.65. The molecule has 0 saturated carbocycles. The predicted molar refractivity (Wildman–Crippen MR) is 99.1 cm³/mol. The summed E-state index contributed by atoms with van der Waals surface area (Å²) in [5.74, 6) is -0.0200. The summed E-state index contributed by atoms with van der Waals surface area (Å²) in [7, 11) is -3.01. The van der Waals surface area contributed by atoms with Gasteiger partial charge in [0, 0.05) is 29.1 Å². The van der Waals surface area contributed by atoms with Crippen molar-refractivity contribution in [1.29, 1.82) is 0 Å². The topological polar surface area (TPSA) is 81.1 Å². The minimum Gasteiger partial charge on any atom is -0.351 e. The molecule has 0 aliphatic carbocycles. The minimum absolute atomic E-state index is 0.0233. The first-order valence-electron chi connectivity index (χ1n) is 7.81. The molecule has 2 heterocycles. The van der Waals surface area contributed by atoms with Crippen molar-refractivity contribution in [3.05, 3.63) is 41.7 Å². The van der Waals surface area contributed by atoms with Crippen LogP contribution in [0.2, 0.25) is 5.02 Å². The third-order valence-electron chi connectivity index (χ3n) is 3.94. The Labute approximate surface area is 155 Å². The van der Waals surface area contributed by atoms with Gasteiger partial charge < -0.3 is 5.32 Å². The first-order valence-corrected chi connectivity index (χ1v) is 10.9. The zero-order valence-corrected chi connectivity index (χ0v) is 15.9. The lowest BCUT2D eigenvalue weighted by molar-refractivity contribution is -0.120. The molecule has 0 bridgehead atoms. The van der Waals surface area contributed by atoms with Gasteiger partial charge in [0.1, 0.15) is 0 Å². The average molecular weight is 400 g/mol. The summed E-state index contributed by atoms with van der Waals surface area (Å²) < 4.78 is 24.9. The van der Waals surface area contributed by atoms with Crippen LogP contribution in [0.1, 0.15) is 13.3 Å². The Bertz CT molecular complexity index is 865. The maximum atomic E-state index is 12.3. The van der Waals surface area contributed by atoms with Crippen molar-refractivity contribution in [2.75, 3.05) is 11.5 Å². The van der Waals surface area contributed by atoms with Crippen LogP contribution in [0, 0.1) is 0 Å². The van der Waals surface area contributed by atoms with Crippen molar-refractivity contribution in [2.45, 2.75) is 29.8 Å². The fraction of sp³-hybridized carbons (Fsp3) is 0.375. The van der Waals surface area contributed by atoms with Gasteiger partial charge in [0.15, 0.2) is 15.0 Å². The highest BCUT2D eigenvalue weighted by Crippen LogP contribution is 2.25. The largest absolute Gasteiger partial charge is 0.351 e. The van der Waals surface area contributed by atoms with Crippen LogP contribution in [0.4, 0.5) is 0 Å². The van der Waals surface area contributed by atoms with E-state index in [1.165, 1.54) is 11.8 Å². The summed E-state index contributed by atoms with van der Waals surface area (Å²) in [5.41, 5.74) is 0.902. The molecule has 0 radical (unpaired) electrons. The van der Waals surface area contributed by atoms with Gasteiger partial charge in [-0.25, -0.2) is 13.4 Å². The van der Waals surface area contributed by atoms with E-state index in [2.05, 4.69) is 10.3 Å². The highest BCUT2D eigenvalue weighted by atomic mass is 35.5. The molecule has 0 spiro atoms. The van der Waals surface area contributed by atoms with Gasteiger partial charge in [-0.3, -0.25) is 9.36 Å². The maximum absolute atomic E-state index is 12.3. The molecule has 134 valence electrons. The number of benzene rings is 1. The van der Waals surface area contributed by atoms with Crippen LogP contribution in [0.15, 0.2) is 41.8 Å². The zero-order chi connectivity index (χ0) is 18.0. The number of carbonyl (C=O) groups is 1. The number of amides is 1. The number of imidazole rings is 1. The van der Waals surface area contributed by atoms with Crippen LogP contribution in [0.25, 0.3) is 5.69 Å². The number of thioether (sulfide) groups is 1. The first-order chi connectivity index (χ1) is 11.8. The Morgan fingerprint density at radius 1 is 1.40 bits per heavy atom. The molecule has 6 nitrogen and oxygen atoms in total. The summed E-state index contributed by atoms with van der Waals surface area (Å²) in [6.45, 7) is 1.78. The molecule has 25 heavy (non-hydrogen) atoms. The second-order valence-electron chi connectivity index (χ2n) is 5.92. The highest BCUT2D eigenvalue weighted by molar-refractivity contribution is 8.00. The lowest BCUT2D eigenvalue weighted by Gasteiger charge is -2.16. The van der Waals surface area contributed by atoms with E-state index < -0.39 is 15.1 Å². The van der Waals surface area contributed by atoms with Gasteiger partial charge in [0.2, 0.25) is 5.91 Å². The number of sulfone groups is 1. The van der Waals surface area contributed by atoms with Crippen molar-refractivity contribution >= 4 is 39.1 Å². The minimum atomic E-state index is -3.01. The normalized spacial score (nSPS) is 20.3. The van der Waals surface area contributed by atoms with Crippen molar-refractivity contribution in [2.24, 2.45) is 0 Å². The number of rotatable bonds is 5. The number of hydrogen-bond acceptors (Lipinski definition) is 5. The molecule has 0 unspecified atom stereocenters. The second-order valence-corrected chi connectivity index (χ2v) is 9.90. The number of nitrogens with zero attached hydrogens (tertiary/aromatic N) is 2. The Hall–Kier alpha value is -1.51. The van der Waals surface area contributed by atoms with E-state index in [1.807, 2.05) is 22.9 Å². The quantitative estimate of drug-likeness (QED) is 0.780. The van der Waals surface area contributed by atoms with Gasteiger partial charge >= 0.3 is 0 Å². The molecule has 2 aromatic rings. The predicted octanol–water partition coefficient (Wildman–Crippen LogP) is 2.31. The van der Waals surface area contributed by atoms with Crippen LogP contribution >= 0.6 is 23.4 Å². The van der Waals surface area contributed by atoms with E-state index in [-0.39, 0.29) is 23.5 Å². The van der Waals surface area contributed by atoms with Crippen molar-refractivity contribution in [3.8, 4) is 5.69 Å². The Morgan fingerprint density at radius 2 is 2.12 bits per heavy atom. The van der Waals surface area contributed by atoms with Crippen LogP contribution in [0.5, 0.6) is 0 Å². The molecule has 1 saturated heterocycles. The molecule has 2 atom stereocenters. The summed E-state index contributed by atoms with van der Waals surface area (Å²) in [6.07, 6.45) is 3.97. The standard InChI is InChI=1S/C16H18ClN3O3S2/c1-11(15(21)19-13-6-9-25(22,23)10-13)24-16-18-7-8-20(16)14-4-2-12(17)3-5-14/h2-5,7-8,11,13H,6,9-10H2,1H3,(H,19,21)/t11-,13-/m0/s1. The van der Waals surface area contributed by atoms with E-state index in [1.54, 1.807) is 25.3 Å². The van der Waals surface area contributed by atoms with Gasteiger partial charge in [-0.2, -0.15) is 0 Å². The highest BCUT2D eigenvalue weighted by Gasteiger charge is 2.30. The zero-order valence-electron chi connectivity index (χ0n) is 13.6. The van der Waals surface area contributed by atoms with E-state index in [0.29, 0.717) is 16.6 Å². The van der Waals surface area contributed by atoms with Crippen LogP contribution in [-0.4, -0.2) is 46.7 Å². The summed E-state index contributed by atoms with van der Waals surface area (Å²) in [5, 5.41) is 3.76. The number of halogens is 1. The molecule has 1 fully saturated rings. The fourth-order valence-corrected chi connectivity index (χ4v) is 5.31. The van der Waals surface area contributed by atoms with E-state index in [4.69, 9.17) is 11.6 Å². The lowest BCUT2D eigenvalue weighted by atomic mass is 10.2. The molecule has 1 aliphatic rings. The molecule has 3 rings (SSSR count). The van der Waals surface area contributed by atoms with Gasteiger partial charge in [0.05, 0.1) is 16.8 Å². The molecule has 1 amide bonds. The molecular formula is C16H18ClN3O3S2. The van der Waals surface area contributed by atoms with Crippen LogP contribution in [0.3, 0.4) is 0 Å². The number of nitrogens with one attached hydrogen (secondary N) is 1. The molecule has 9 heteroatoms. The number of hydrogen-bond donors (Lipinski definition) is 1. The first kappa shape index (κ1) is 18.3. The van der Waals surface area contributed by atoms with Crippen molar-refractivity contribution in [3.63, 3.8) is 0 Å². The molecule has 1 aromatic heterocycles. The van der Waals surface area contributed by atoms with Gasteiger partial charge in [-0.1, -0.05) is 23.4 Å². The second kappa shape index (κ2) is 7.39. The summed E-state index contributed by atoms with van der Waals surface area (Å²) >= 11 is 7.24. The van der Waals surface area contributed by atoms with Crippen LogP contribution in [-0.2, 0) is 14.6 Å². The third kappa shape index (κ3) is 4.56. The van der Waals surface area contributed by atoms with Crippen molar-refractivity contribution < 1.29 is 13.2 Å². The van der Waals surface area contributed by atoms with Crippen LogP contribution < -0.4 is 5.32 Å².